The Hall–Kier alpha value is -1.95. The molecule has 128 valence electrons. The van der Waals surface area contributed by atoms with Crippen molar-refractivity contribution < 1.29 is 19.0 Å². The summed E-state index contributed by atoms with van der Waals surface area (Å²) in [7, 11) is 4.75. The second kappa shape index (κ2) is 8.06. The Bertz CT molecular complexity index is 522. The summed E-state index contributed by atoms with van der Waals surface area (Å²) in [5.41, 5.74) is 6.56. The van der Waals surface area contributed by atoms with Gasteiger partial charge in [-0.1, -0.05) is 6.42 Å². The van der Waals surface area contributed by atoms with Crippen LogP contribution in [0.15, 0.2) is 12.1 Å². The van der Waals surface area contributed by atoms with Gasteiger partial charge < -0.3 is 25.3 Å². The van der Waals surface area contributed by atoms with Gasteiger partial charge in [-0.3, -0.25) is 4.79 Å². The van der Waals surface area contributed by atoms with Crippen molar-refractivity contribution in [1.29, 1.82) is 0 Å². The van der Waals surface area contributed by atoms with E-state index in [-0.39, 0.29) is 17.7 Å². The molecule has 1 amide bonds. The molecular formula is C17H26N2O4. The highest BCUT2D eigenvalue weighted by Gasteiger charge is 2.31. The second-order valence-corrected chi connectivity index (χ2v) is 5.76. The highest BCUT2D eigenvalue weighted by atomic mass is 16.5. The third-order valence-corrected chi connectivity index (χ3v) is 4.56. The van der Waals surface area contributed by atoms with E-state index in [0.29, 0.717) is 30.3 Å². The molecule has 3 N–H and O–H groups in total. The molecule has 1 aliphatic carbocycles. The van der Waals surface area contributed by atoms with Crippen molar-refractivity contribution >= 4 is 5.91 Å². The number of ether oxygens (including phenoxy) is 3. The van der Waals surface area contributed by atoms with Crippen LogP contribution in [-0.4, -0.2) is 33.8 Å². The summed E-state index contributed by atoms with van der Waals surface area (Å²) in [6.45, 7) is 0.913. The topological polar surface area (TPSA) is 82.8 Å². The van der Waals surface area contributed by atoms with Crippen LogP contribution in [0.2, 0.25) is 0 Å². The maximum absolute atomic E-state index is 12.4. The summed E-state index contributed by atoms with van der Waals surface area (Å²) < 4.78 is 16.0. The molecule has 1 saturated carbocycles. The van der Waals surface area contributed by atoms with Gasteiger partial charge in [0.25, 0.3) is 0 Å². The maximum atomic E-state index is 12.4. The third-order valence-electron chi connectivity index (χ3n) is 4.56. The minimum absolute atomic E-state index is 0.00948. The third kappa shape index (κ3) is 3.88. The molecule has 0 heterocycles. The van der Waals surface area contributed by atoms with Gasteiger partial charge in [-0.2, -0.15) is 0 Å². The Morgan fingerprint density at radius 3 is 2.35 bits per heavy atom. The summed E-state index contributed by atoms with van der Waals surface area (Å²) in [5, 5.41) is 3.00. The van der Waals surface area contributed by atoms with Crippen LogP contribution < -0.4 is 25.3 Å². The zero-order chi connectivity index (χ0) is 16.8. The van der Waals surface area contributed by atoms with Crippen molar-refractivity contribution in [3.05, 3.63) is 17.7 Å². The maximum Gasteiger partial charge on any atom is 0.223 e. The number of nitrogens with one attached hydrogen (secondary N) is 1. The van der Waals surface area contributed by atoms with E-state index in [9.17, 15) is 4.79 Å². The number of methoxy groups -OCH3 is 3. The number of benzene rings is 1. The molecule has 0 saturated heterocycles. The summed E-state index contributed by atoms with van der Waals surface area (Å²) in [6, 6.07) is 3.56. The molecule has 0 aromatic heterocycles. The predicted molar refractivity (Wildman–Crippen MR) is 87.8 cm³/mol. The average Bonchev–Trinajstić information content (AvgIpc) is 3.07. The number of carbonyl (C=O) groups is 1. The lowest BCUT2D eigenvalue weighted by molar-refractivity contribution is -0.126. The molecule has 0 unspecified atom stereocenters. The van der Waals surface area contributed by atoms with E-state index < -0.39 is 0 Å². The zero-order valence-electron chi connectivity index (χ0n) is 14.1. The molecule has 0 aliphatic heterocycles. The lowest BCUT2D eigenvalue weighted by Gasteiger charge is -2.19. The lowest BCUT2D eigenvalue weighted by atomic mass is 9.95. The van der Waals surface area contributed by atoms with E-state index in [4.69, 9.17) is 19.9 Å². The van der Waals surface area contributed by atoms with E-state index in [0.717, 1.165) is 24.8 Å². The first-order valence-corrected chi connectivity index (χ1v) is 7.91. The minimum atomic E-state index is 0.00948. The highest BCUT2D eigenvalue weighted by molar-refractivity contribution is 5.79. The minimum Gasteiger partial charge on any atom is -0.496 e. The van der Waals surface area contributed by atoms with Gasteiger partial charge in [-0.15, -0.1) is 0 Å². The van der Waals surface area contributed by atoms with Crippen LogP contribution >= 0.6 is 0 Å². The molecular weight excluding hydrogens is 296 g/mol. The molecule has 1 aliphatic rings. The fourth-order valence-electron chi connectivity index (χ4n) is 3.22. The van der Waals surface area contributed by atoms with Crippen molar-refractivity contribution in [2.24, 2.45) is 17.6 Å². The van der Waals surface area contributed by atoms with Crippen molar-refractivity contribution in [2.75, 3.05) is 27.9 Å². The Morgan fingerprint density at radius 2 is 1.83 bits per heavy atom. The van der Waals surface area contributed by atoms with E-state index in [1.165, 1.54) is 0 Å². The van der Waals surface area contributed by atoms with Gasteiger partial charge in [-0.25, -0.2) is 0 Å². The van der Waals surface area contributed by atoms with Gasteiger partial charge >= 0.3 is 0 Å². The first kappa shape index (κ1) is 17.4. The largest absolute Gasteiger partial charge is 0.496 e. The fourth-order valence-corrected chi connectivity index (χ4v) is 3.22. The quantitative estimate of drug-likeness (QED) is 0.798. The van der Waals surface area contributed by atoms with Crippen molar-refractivity contribution in [2.45, 2.75) is 25.8 Å². The molecule has 2 rings (SSSR count). The Balaban J connectivity index is 2.11. The first-order valence-electron chi connectivity index (χ1n) is 7.91. The number of hydrogen-bond acceptors (Lipinski definition) is 5. The monoisotopic (exact) mass is 322 g/mol. The van der Waals surface area contributed by atoms with E-state index >= 15 is 0 Å². The molecule has 6 nitrogen and oxygen atoms in total. The number of amides is 1. The standard InChI is InChI=1S/C17H26N2O4/c1-21-12-7-15(22-2)14(16(8-12)23-3)10-19-17(20)13-6-4-5-11(13)9-18/h7-8,11,13H,4-6,9-10,18H2,1-3H3,(H,19,20)/t11-,13-/m1/s1. The van der Waals surface area contributed by atoms with Crippen LogP contribution in [0.3, 0.4) is 0 Å². The lowest BCUT2D eigenvalue weighted by Crippen LogP contribution is -2.34. The van der Waals surface area contributed by atoms with Crippen LogP contribution in [0.5, 0.6) is 17.2 Å². The summed E-state index contributed by atoms with van der Waals surface area (Å²) in [4.78, 5) is 12.4. The van der Waals surface area contributed by atoms with Crippen LogP contribution in [0.25, 0.3) is 0 Å². The predicted octanol–water partition coefficient (Wildman–Crippen LogP) is 1.70. The molecule has 1 fully saturated rings. The van der Waals surface area contributed by atoms with Crippen molar-refractivity contribution in [3.63, 3.8) is 0 Å². The number of nitrogens with two attached hydrogens (primary N) is 1. The van der Waals surface area contributed by atoms with Crippen molar-refractivity contribution in [3.8, 4) is 17.2 Å². The molecule has 23 heavy (non-hydrogen) atoms. The van der Waals surface area contributed by atoms with Gasteiger partial charge in [0.2, 0.25) is 5.91 Å². The van der Waals surface area contributed by atoms with E-state index in [1.54, 1.807) is 33.5 Å². The molecule has 0 spiro atoms. The van der Waals surface area contributed by atoms with Gasteiger partial charge in [0.05, 0.1) is 33.4 Å². The molecule has 1 aromatic rings. The Labute approximate surface area is 137 Å². The fraction of sp³-hybridized carbons (Fsp3) is 0.588. The van der Waals surface area contributed by atoms with Crippen molar-refractivity contribution in [1.82, 2.24) is 5.32 Å². The van der Waals surface area contributed by atoms with E-state index in [2.05, 4.69) is 5.32 Å². The molecule has 0 bridgehead atoms. The smallest absolute Gasteiger partial charge is 0.223 e. The van der Waals surface area contributed by atoms with Gasteiger partial charge in [0.1, 0.15) is 17.2 Å². The van der Waals surface area contributed by atoms with Crippen LogP contribution in [0.4, 0.5) is 0 Å². The average molecular weight is 322 g/mol. The first-order chi connectivity index (χ1) is 11.1. The number of carbonyl (C=O) groups excluding carboxylic acids is 1. The second-order valence-electron chi connectivity index (χ2n) is 5.76. The van der Waals surface area contributed by atoms with Crippen LogP contribution in [-0.2, 0) is 11.3 Å². The normalized spacial score (nSPS) is 20.2. The Morgan fingerprint density at radius 1 is 1.17 bits per heavy atom. The van der Waals surface area contributed by atoms with Gasteiger partial charge in [0.15, 0.2) is 0 Å². The SMILES string of the molecule is COc1cc(OC)c(CNC(=O)[C@@H]2CCC[C@@H]2CN)c(OC)c1. The summed E-state index contributed by atoms with van der Waals surface area (Å²) >= 11 is 0. The molecule has 0 radical (unpaired) electrons. The number of rotatable bonds is 7. The van der Waals surface area contributed by atoms with E-state index in [1.807, 2.05) is 0 Å². The van der Waals surface area contributed by atoms with Crippen LogP contribution in [0.1, 0.15) is 24.8 Å². The Kier molecular flexibility index (Phi) is 6.10. The van der Waals surface area contributed by atoms with Gasteiger partial charge in [0, 0.05) is 18.1 Å². The number of hydrogen-bond donors (Lipinski definition) is 2. The molecule has 6 heteroatoms. The van der Waals surface area contributed by atoms with Gasteiger partial charge in [-0.05, 0) is 25.3 Å². The molecule has 2 atom stereocenters. The zero-order valence-corrected chi connectivity index (χ0v) is 14.1. The highest BCUT2D eigenvalue weighted by Crippen LogP contribution is 2.35. The summed E-state index contributed by atoms with van der Waals surface area (Å²) in [6.07, 6.45) is 3.00. The summed E-state index contributed by atoms with van der Waals surface area (Å²) in [5.74, 6) is 2.25. The van der Waals surface area contributed by atoms with Crippen LogP contribution in [0, 0.1) is 11.8 Å². The molecule has 1 aromatic carbocycles.